The Morgan fingerprint density at radius 2 is 2.17 bits per heavy atom. The van der Waals surface area contributed by atoms with Gasteiger partial charge >= 0.3 is 0 Å². The molecule has 1 fully saturated rings. The van der Waals surface area contributed by atoms with Crippen LogP contribution in [0, 0.1) is 5.92 Å². The van der Waals surface area contributed by atoms with Crippen LogP contribution in [0.15, 0.2) is 41.5 Å². The van der Waals surface area contributed by atoms with E-state index in [0.29, 0.717) is 18.8 Å². The van der Waals surface area contributed by atoms with Crippen molar-refractivity contribution in [3.63, 3.8) is 0 Å². The fourth-order valence-corrected chi connectivity index (χ4v) is 5.20. The van der Waals surface area contributed by atoms with Gasteiger partial charge in [0.05, 0.1) is 0 Å². The van der Waals surface area contributed by atoms with E-state index in [0.717, 1.165) is 19.3 Å². The third-order valence-corrected chi connectivity index (χ3v) is 6.93. The molecule has 2 N–H and O–H groups in total. The standard InChI is InChI=1S/C23H29NO4S/c1-2-27-23-17(10-6-12-25)18(19-14-29-21-11-4-3-9-16(19)21)13-20(28-23)22(26)24-15-7-5-8-15/h3-4,9,11,13-15,17-18,23,25H,2,5-8,10,12H2,1H3,(H,24,26)/t17-,18+,23-/m0/s1. The van der Waals surface area contributed by atoms with Gasteiger partial charge in [0, 0.05) is 35.8 Å². The van der Waals surface area contributed by atoms with Gasteiger partial charge in [-0.3, -0.25) is 4.79 Å². The van der Waals surface area contributed by atoms with Gasteiger partial charge in [0.1, 0.15) is 0 Å². The fourth-order valence-electron chi connectivity index (χ4n) is 4.19. The van der Waals surface area contributed by atoms with Gasteiger partial charge in [0.2, 0.25) is 6.29 Å². The average Bonchev–Trinajstić information content (AvgIpc) is 3.13. The zero-order valence-electron chi connectivity index (χ0n) is 16.8. The first-order chi connectivity index (χ1) is 14.2. The molecule has 0 radical (unpaired) electrons. The number of hydrogen-bond acceptors (Lipinski definition) is 5. The summed E-state index contributed by atoms with van der Waals surface area (Å²) in [5.41, 5.74) is 1.20. The van der Waals surface area contributed by atoms with Crippen LogP contribution >= 0.6 is 11.3 Å². The highest BCUT2D eigenvalue weighted by molar-refractivity contribution is 7.17. The zero-order chi connectivity index (χ0) is 20.2. The summed E-state index contributed by atoms with van der Waals surface area (Å²) < 4.78 is 13.2. The van der Waals surface area contributed by atoms with E-state index in [-0.39, 0.29) is 30.4 Å². The summed E-state index contributed by atoms with van der Waals surface area (Å²) in [4.78, 5) is 12.9. The Bertz CT molecular complexity index is 873. The van der Waals surface area contributed by atoms with E-state index in [2.05, 4.69) is 28.9 Å². The lowest BCUT2D eigenvalue weighted by atomic mass is 9.80. The van der Waals surface area contributed by atoms with Gasteiger partial charge < -0.3 is 19.9 Å². The van der Waals surface area contributed by atoms with Crippen molar-refractivity contribution >= 4 is 27.3 Å². The SMILES string of the molecule is CCO[C@H]1OC(C(=O)NC2CCC2)=C[C@@H](c2csc3ccccc23)[C@@H]1CCCO. The Kier molecular flexibility index (Phi) is 6.53. The molecule has 5 nitrogen and oxygen atoms in total. The van der Waals surface area contributed by atoms with E-state index in [1.54, 1.807) is 11.3 Å². The number of rotatable bonds is 8. The number of nitrogens with one attached hydrogen (secondary N) is 1. The molecule has 2 aliphatic rings. The van der Waals surface area contributed by atoms with Crippen LogP contribution in [-0.2, 0) is 14.3 Å². The zero-order valence-corrected chi connectivity index (χ0v) is 17.6. The number of hydrogen-bond donors (Lipinski definition) is 2. The predicted octanol–water partition coefficient (Wildman–Crippen LogP) is 4.32. The lowest BCUT2D eigenvalue weighted by molar-refractivity contribution is -0.166. The molecule has 4 rings (SSSR count). The van der Waals surface area contributed by atoms with Crippen LogP contribution in [0.5, 0.6) is 0 Å². The third-order valence-electron chi connectivity index (χ3n) is 5.95. The van der Waals surface area contributed by atoms with E-state index in [9.17, 15) is 9.90 Å². The lowest BCUT2D eigenvalue weighted by Crippen LogP contribution is -2.43. The highest BCUT2D eigenvalue weighted by atomic mass is 32.1. The number of benzene rings is 1. The van der Waals surface area contributed by atoms with Crippen LogP contribution in [0.4, 0.5) is 0 Å². The Balaban J connectivity index is 1.70. The van der Waals surface area contributed by atoms with Crippen LogP contribution in [0.25, 0.3) is 10.1 Å². The molecule has 0 bridgehead atoms. The summed E-state index contributed by atoms with van der Waals surface area (Å²) in [6.07, 6.45) is 6.15. The van der Waals surface area contributed by atoms with Gasteiger partial charge in [-0.25, -0.2) is 0 Å². The third kappa shape index (κ3) is 4.34. The monoisotopic (exact) mass is 415 g/mol. The molecule has 6 heteroatoms. The Morgan fingerprint density at radius 3 is 2.90 bits per heavy atom. The second-order valence-corrected chi connectivity index (χ2v) is 8.73. The average molecular weight is 416 g/mol. The number of carbonyl (C=O) groups is 1. The molecule has 1 aliphatic carbocycles. The topological polar surface area (TPSA) is 67.8 Å². The number of aliphatic hydroxyl groups is 1. The Hall–Kier alpha value is -1.89. The van der Waals surface area contributed by atoms with Crippen molar-refractivity contribution in [2.45, 2.75) is 57.3 Å². The first-order valence-corrected chi connectivity index (χ1v) is 11.5. The highest BCUT2D eigenvalue weighted by Crippen LogP contribution is 2.43. The number of ether oxygens (including phenoxy) is 2. The van der Waals surface area contributed by atoms with Crippen LogP contribution in [0.2, 0.25) is 0 Å². The number of thiophene rings is 1. The molecule has 29 heavy (non-hydrogen) atoms. The normalized spacial score (nSPS) is 24.6. The van der Waals surface area contributed by atoms with Crippen molar-refractivity contribution < 1.29 is 19.4 Å². The van der Waals surface area contributed by atoms with Crippen LogP contribution in [0.3, 0.4) is 0 Å². The first-order valence-electron chi connectivity index (χ1n) is 10.6. The molecular formula is C23H29NO4S. The summed E-state index contributed by atoms with van der Waals surface area (Å²) in [6.45, 7) is 2.58. The fraction of sp³-hybridized carbons (Fsp3) is 0.522. The van der Waals surface area contributed by atoms with Crippen LogP contribution in [-0.4, -0.2) is 36.6 Å². The molecule has 1 aromatic heterocycles. The molecule has 2 aromatic rings. The van der Waals surface area contributed by atoms with Crippen molar-refractivity contribution in [2.24, 2.45) is 5.92 Å². The lowest BCUT2D eigenvalue weighted by Gasteiger charge is -2.37. The summed E-state index contributed by atoms with van der Waals surface area (Å²) >= 11 is 1.72. The molecule has 0 unspecified atom stereocenters. The minimum Gasteiger partial charge on any atom is -0.459 e. The quantitative estimate of drug-likeness (QED) is 0.674. The minimum atomic E-state index is -0.498. The van der Waals surface area contributed by atoms with E-state index >= 15 is 0 Å². The summed E-state index contributed by atoms with van der Waals surface area (Å²) in [7, 11) is 0. The van der Waals surface area contributed by atoms with Crippen molar-refractivity contribution in [2.75, 3.05) is 13.2 Å². The van der Waals surface area contributed by atoms with Crippen molar-refractivity contribution in [3.05, 3.63) is 47.0 Å². The number of allylic oxidation sites excluding steroid dienone is 1. The maximum Gasteiger partial charge on any atom is 0.286 e. The van der Waals surface area contributed by atoms with E-state index in [1.165, 1.54) is 22.1 Å². The molecule has 1 aromatic carbocycles. The Morgan fingerprint density at radius 1 is 1.34 bits per heavy atom. The van der Waals surface area contributed by atoms with E-state index in [1.807, 2.05) is 19.1 Å². The van der Waals surface area contributed by atoms with Crippen molar-refractivity contribution in [1.82, 2.24) is 5.32 Å². The van der Waals surface area contributed by atoms with E-state index < -0.39 is 6.29 Å². The van der Waals surface area contributed by atoms with Gasteiger partial charge in [0.15, 0.2) is 5.76 Å². The maximum absolute atomic E-state index is 12.9. The van der Waals surface area contributed by atoms with Gasteiger partial charge in [-0.2, -0.15) is 0 Å². The highest BCUT2D eigenvalue weighted by Gasteiger charge is 2.39. The molecule has 156 valence electrons. The van der Waals surface area contributed by atoms with Crippen molar-refractivity contribution in [3.8, 4) is 0 Å². The minimum absolute atomic E-state index is 0.00476. The molecule has 1 saturated carbocycles. The first kappa shape index (κ1) is 20.4. The largest absolute Gasteiger partial charge is 0.459 e. The second-order valence-electron chi connectivity index (χ2n) is 7.82. The number of carbonyl (C=O) groups excluding carboxylic acids is 1. The predicted molar refractivity (Wildman–Crippen MR) is 115 cm³/mol. The maximum atomic E-state index is 12.9. The molecule has 2 heterocycles. The molecule has 1 aliphatic heterocycles. The summed E-state index contributed by atoms with van der Waals surface area (Å²) in [6, 6.07) is 8.61. The molecule has 1 amide bonds. The number of fused-ring (bicyclic) bond motifs is 1. The smallest absolute Gasteiger partial charge is 0.286 e. The van der Waals surface area contributed by atoms with E-state index in [4.69, 9.17) is 9.47 Å². The van der Waals surface area contributed by atoms with Gasteiger partial charge in [0.25, 0.3) is 5.91 Å². The number of aliphatic hydroxyl groups excluding tert-OH is 1. The second kappa shape index (κ2) is 9.28. The van der Waals surface area contributed by atoms with Crippen molar-refractivity contribution in [1.29, 1.82) is 0 Å². The van der Waals surface area contributed by atoms with Gasteiger partial charge in [-0.1, -0.05) is 18.2 Å². The summed E-state index contributed by atoms with van der Waals surface area (Å²) in [5.74, 6) is 0.255. The van der Waals surface area contributed by atoms with Crippen LogP contribution in [0.1, 0.15) is 50.5 Å². The molecular weight excluding hydrogens is 386 g/mol. The van der Waals surface area contributed by atoms with Gasteiger partial charge in [-0.05, 0) is 67.5 Å². The number of amides is 1. The molecule has 0 saturated heterocycles. The molecule has 3 atom stereocenters. The molecule has 0 spiro atoms. The van der Waals surface area contributed by atoms with Crippen LogP contribution < -0.4 is 5.32 Å². The summed E-state index contributed by atoms with van der Waals surface area (Å²) in [5, 5.41) is 15.9. The Labute approximate surface area is 175 Å². The van der Waals surface area contributed by atoms with Gasteiger partial charge in [-0.15, -0.1) is 11.3 Å².